The first-order chi connectivity index (χ1) is 8.53. The van der Waals surface area contributed by atoms with Gasteiger partial charge in [0, 0.05) is 0 Å². The van der Waals surface area contributed by atoms with E-state index in [2.05, 4.69) is 4.99 Å². The van der Waals surface area contributed by atoms with Gasteiger partial charge in [0.15, 0.2) is 16.5 Å². The predicted molar refractivity (Wildman–Crippen MR) is 68.6 cm³/mol. The average molecular weight is 267 g/mol. The third-order valence-corrected chi connectivity index (χ3v) is 3.89. The molecule has 0 N–H and O–H groups in total. The molecule has 0 unspecified atom stereocenters. The Hall–Kier alpha value is -1.82. The minimum absolute atomic E-state index is 0.0194. The van der Waals surface area contributed by atoms with E-state index >= 15 is 0 Å². The highest BCUT2D eigenvalue weighted by atomic mass is 32.2. The summed E-state index contributed by atoms with van der Waals surface area (Å²) >= 11 is 0. The Morgan fingerprint density at radius 3 is 2.44 bits per heavy atom. The second kappa shape index (κ2) is 4.81. The second-order valence-electron chi connectivity index (χ2n) is 3.75. The van der Waals surface area contributed by atoms with Crippen molar-refractivity contribution in [3.8, 4) is 11.5 Å². The Bertz CT molecular complexity index is 617. The van der Waals surface area contributed by atoms with Crippen LogP contribution in [0.5, 0.6) is 11.5 Å². The van der Waals surface area contributed by atoms with Crippen molar-refractivity contribution >= 4 is 14.9 Å². The van der Waals surface area contributed by atoms with Gasteiger partial charge in [-0.2, -0.15) is 0 Å². The van der Waals surface area contributed by atoms with E-state index in [1.165, 1.54) is 7.11 Å². The summed E-state index contributed by atoms with van der Waals surface area (Å²) in [6.07, 6.45) is 0. The zero-order valence-electron chi connectivity index (χ0n) is 10.1. The number of rotatable bonds is 4. The highest BCUT2D eigenvalue weighted by Gasteiger charge is 2.24. The Morgan fingerprint density at radius 2 is 1.89 bits per heavy atom. The van der Waals surface area contributed by atoms with E-state index in [-0.39, 0.29) is 11.7 Å². The van der Waals surface area contributed by atoms with Crippen molar-refractivity contribution in [2.45, 2.75) is 6.92 Å². The topological polar surface area (TPSA) is 65.0 Å². The minimum Gasteiger partial charge on any atom is -0.493 e. The third-order valence-electron chi connectivity index (χ3n) is 2.38. The molecule has 0 spiro atoms. The van der Waals surface area contributed by atoms with Crippen LogP contribution in [0.4, 0.5) is 0 Å². The van der Waals surface area contributed by atoms with Gasteiger partial charge in [-0.3, -0.25) is 0 Å². The van der Waals surface area contributed by atoms with E-state index < -0.39 is 9.84 Å². The molecular formula is C12H13NO4S. The van der Waals surface area contributed by atoms with Gasteiger partial charge < -0.3 is 9.47 Å². The smallest absolute Gasteiger partial charge is 0.218 e. The third kappa shape index (κ3) is 2.53. The molecular weight excluding hydrogens is 254 g/mol. The first kappa shape index (κ1) is 12.6. The van der Waals surface area contributed by atoms with Crippen molar-refractivity contribution in [2.24, 2.45) is 4.99 Å². The van der Waals surface area contributed by atoms with Crippen LogP contribution in [0.1, 0.15) is 6.92 Å². The van der Waals surface area contributed by atoms with Gasteiger partial charge in [-0.1, -0.05) is 12.1 Å². The zero-order valence-corrected chi connectivity index (χ0v) is 10.9. The molecule has 0 atom stereocenters. The van der Waals surface area contributed by atoms with E-state index in [0.29, 0.717) is 17.2 Å². The van der Waals surface area contributed by atoms with Crippen molar-refractivity contribution in [2.75, 3.05) is 13.7 Å². The van der Waals surface area contributed by atoms with Gasteiger partial charge in [0.2, 0.25) is 9.84 Å². The van der Waals surface area contributed by atoms with Gasteiger partial charge in [0.05, 0.1) is 18.2 Å². The summed E-state index contributed by atoms with van der Waals surface area (Å²) in [4.78, 5) is 3.94. The van der Waals surface area contributed by atoms with Crippen LogP contribution in [0.25, 0.3) is 0 Å². The fraction of sp³-hybridized carbons (Fsp3) is 0.250. The number of para-hydroxylation sites is 2. The fourth-order valence-corrected chi connectivity index (χ4v) is 2.70. The molecule has 1 aliphatic heterocycles. The second-order valence-corrected chi connectivity index (χ2v) is 5.55. The summed E-state index contributed by atoms with van der Waals surface area (Å²) in [6, 6.07) is 7.04. The number of hydrogen-bond donors (Lipinski definition) is 0. The number of nitrogens with zero attached hydrogens (tertiary/aromatic N) is 1. The largest absolute Gasteiger partial charge is 0.493 e. The maximum Gasteiger partial charge on any atom is 0.218 e. The van der Waals surface area contributed by atoms with Crippen molar-refractivity contribution in [3.63, 3.8) is 0 Å². The lowest BCUT2D eigenvalue weighted by Crippen LogP contribution is -2.18. The predicted octanol–water partition coefficient (Wildman–Crippen LogP) is 1.76. The van der Waals surface area contributed by atoms with E-state index in [4.69, 9.17) is 9.47 Å². The lowest BCUT2D eigenvalue weighted by atomic mass is 10.3. The van der Waals surface area contributed by atoms with E-state index in [9.17, 15) is 8.42 Å². The molecule has 0 fully saturated rings. The van der Waals surface area contributed by atoms with Crippen LogP contribution in [-0.4, -0.2) is 27.2 Å². The van der Waals surface area contributed by atoms with Crippen LogP contribution in [0.3, 0.4) is 0 Å². The monoisotopic (exact) mass is 267 g/mol. The SMILES string of the molecule is COc1ccccc1OCC1=NC(C)=CS1(=O)=O. The normalized spacial score (nSPS) is 17.0. The summed E-state index contributed by atoms with van der Waals surface area (Å²) < 4.78 is 33.8. The lowest BCUT2D eigenvalue weighted by Gasteiger charge is -2.09. The molecule has 1 aliphatic rings. The molecule has 5 nitrogen and oxygen atoms in total. The molecule has 1 aromatic carbocycles. The van der Waals surface area contributed by atoms with Crippen molar-refractivity contribution in [1.29, 1.82) is 0 Å². The molecule has 0 aromatic heterocycles. The van der Waals surface area contributed by atoms with Gasteiger partial charge >= 0.3 is 0 Å². The van der Waals surface area contributed by atoms with Crippen LogP contribution >= 0.6 is 0 Å². The standard InChI is InChI=1S/C12H13NO4S/c1-9-8-18(14,15)12(13-9)7-17-11-6-4-3-5-10(11)16-2/h3-6,8H,7H2,1-2H3. The van der Waals surface area contributed by atoms with Crippen LogP contribution in [0, 0.1) is 0 Å². The van der Waals surface area contributed by atoms with E-state index in [1.807, 2.05) is 0 Å². The Kier molecular flexibility index (Phi) is 3.38. The highest BCUT2D eigenvalue weighted by Crippen LogP contribution is 2.26. The van der Waals surface area contributed by atoms with Crippen molar-refractivity contribution in [1.82, 2.24) is 0 Å². The zero-order chi connectivity index (χ0) is 13.2. The average Bonchev–Trinajstić information content (AvgIpc) is 2.59. The Morgan fingerprint density at radius 1 is 1.22 bits per heavy atom. The number of allylic oxidation sites excluding steroid dienone is 1. The first-order valence-corrected chi connectivity index (χ1v) is 6.84. The highest BCUT2D eigenvalue weighted by molar-refractivity contribution is 8.09. The summed E-state index contributed by atoms with van der Waals surface area (Å²) in [5, 5.41) is 1.15. The summed E-state index contributed by atoms with van der Waals surface area (Å²) in [7, 11) is -1.88. The van der Waals surface area contributed by atoms with Gasteiger partial charge in [0.25, 0.3) is 0 Å². The Labute approximate surface area is 106 Å². The maximum atomic E-state index is 11.6. The number of methoxy groups -OCH3 is 1. The summed E-state index contributed by atoms with van der Waals surface area (Å²) in [5.41, 5.74) is 0.466. The van der Waals surface area contributed by atoms with Gasteiger partial charge in [-0.05, 0) is 19.1 Å². The molecule has 6 heteroatoms. The number of benzene rings is 1. The quantitative estimate of drug-likeness (QED) is 0.833. The van der Waals surface area contributed by atoms with Crippen LogP contribution in [-0.2, 0) is 9.84 Å². The molecule has 96 valence electrons. The number of ether oxygens (including phenoxy) is 2. The van der Waals surface area contributed by atoms with Crippen molar-refractivity contribution < 1.29 is 17.9 Å². The fourth-order valence-electron chi connectivity index (χ4n) is 1.57. The van der Waals surface area contributed by atoms with Gasteiger partial charge in [-0.15, -0.1) is 0 Å². The van der Waals surface area contributed by atoms with Crippen LogP contribution in [0.2, 0.25) is 0 Å². The Balaban J connectivity index is 2.12. The minimum atomic E-state index is -3.40. The molecule has 0 bridgehead atoms. The maximum absolute atomic E-state index is 11.6. The molecule has 0 saturated carbocycles. The lowest BCUT2D eigenvalue weighted by molar-refractivity contribution is 0.336. The van der Waals surface area contributed by atoms with Crippen LogP contribution in [0.15, 0.2) is 40.4 Å². The number of hydrogen-bond acceptors (Lipinski definition) is 5. The van der Waals surface area contributed by atoms with E-state index in [1.54, 1.807) is 31.2 Å². The van der Waals surface area contributed by atoms with Gasteiger partial charge in [0.1, 0.15) is 6.61 Å². The van der Waals surface area contributed by atoms with Crippen LogP contribution < -0.4 is 9.47 Å². The molecule has 0 radical (unpaired) electrons. The molecule has 2 rings (SSSR count). The first-order valence-electron chi connectivity index (χ1n) is 5.30. The van der Waals surface area contributed by atoms with E-state index in [0.717, 1.165) is 5.41 Å². The van der Waals surface area contributed by atoms with Crippen molar-refractivity contribution in [3.05, 3.63) is 35.4 Å². The number of aliphatic imine (C=N–C) groups is 1. The molecule has 1 heterocycles. The molecule has 0 saturated heterocycles. The summed E-state index contributed by atoms with van der Waals surface area (Å²) in [6.45, 7) is 1.53. The number of sulfone groups is 1. The molecule has 1 aromatic rings. The molecule has 0 aliphatic carbocycles. The molecule has 18 heavy (non-hydrogen) atoms. The van der Waals surface area contributed by atoms with Gasteiger partial charge in [-0.25, -0.2) is 13.4 Å². The summed E-state index contributed by atoms with van der Waals surface area (Å²) in [5.74, 6) is 1.04. The molecule has 0 amide bonds.